The molecule has 0 unspecified atom stereocenters. The van der Waals surface area contributed by atoms with Gasteiger partial charge in [-0.2, -0.15) is 0 Å². The van der Waals surface area contributed by atoms with E-state index in [-0.39, 0.29) is 11.3 Å². The second-order valence-corrected chi connectivity index (χ2v) is 5.42. The van der Waals surface area contributed by atoms with E-state index in [0.29, 0.717) is 0 Å². The average molecular weight is 230 g/mol. The van der Waals surface area contributed by atoms with Gasteiger partial charge in [-0.05, 0) is 31.4 Å². The van der Waals surface area contributed by atoms with Gasteiger partial charge in [0, 0.05) is 13.6 Å². The predicted octanol–water partition coefficient (Wildman–Crippen LogP) is 2.55. The van der Waals surface area contributed by atoms with Crippen LogP contribution < -0.4 is 10.2 Å². The van der Waals surface area contributed by atoms with Crippen molar-refractivity contribution in [2.24, 2.45) is 5.41 Å². The number of aryl methyl sites for hydroxylation is 1. The van der Waals surface area contributed by atoms with E-state index >= 15 is 0 Å². The third-order valence-electron chi connectivity index (χ3n) is 4.20. The van der Waals surface area contributed by atoms with Crippen LogP contribution in [-0.2, 0) is 4.79 Å². The number of rotatable bonds is 0. The van der Waals surface area contributed by atoms with Crippen molar-refractivity contribution in [1.82, 2.24) is 0 Å². The van der Waals surface area contributed by atoms with Gasteiger partial charge >= 0.3 is 0 Å². The molecule has 90 valence electrons. The number of nitrogens with one attached hydrogen (secondary N) is 1. The van der Waals surface area contributed by atoms with Crippen LogP contribution in [0.3, 0.4) is 0 Å². The van der Waals surface area contributed by atoms with Crippen LogP contribution in [-0.4, -0.2) is 19.5 Å². The van der Waals surface area contributed by atoms with Crippen molar-refractivity contribution in [2.45, 2.75) is 26.2 Å². The second-order valence-electron chi connectivity index (χ2n) is 5.42. The number of nitrogens with zero attached hydrogens (tertiary/aromatic N) is 1. The van der Waals surface area contributed by atoms with Crippen LogP contribution in [0.2, 0.25) is 0 Å². The van der Waals surface area contributed by atoms with Crippen molar-refractivity contribution in [2.75, 3.05) is 23.8 Å². The molecule has 1 saturated carbocycles. The highest BCUT2D eigenvalue weighted by Gasteiger charge is 2.46. The lowest BCUT2D eigenvalue weighted by atomic mass is 9.68. The van der Waals surface area contributed by atoms with Crippen LogP contribution in [0.1, 0.15) is 24.8 Å². The van der Waals surface area contributed by atoms with Crippen LogP contribution in [0.4, 0.5) is 11.4 Å². The minimum Gasteiger partial charge on any atom is -0.372 e. The van der Waals surface area contributed by atoms with Crippen LogP contribution in [0.5, 0.6) is 0 Å². The van der Waals surface area contributed by atoms with Crippen molar-refractivity contribution < 1.29 is 4.79 Å². The molecular weight excluding hydrogens is 212 g/mol. The van der Waals surface area contributed by atoms with Crippen LogP contribution in [0.25, 0.3) is 0 Å². The van der Waals surface area contributed by atoms with Crippen LogP contribution >= 0.6 is 0 Å². The van der Waals surface area contributed by atoms with Gasteiger partial charge in [0.25, 0.3) is 0 Å². The molecule has 1 spiro atoms. The number of hydrogen-bond donors (Lipinski definition) is 1. The van der Waals surface area contributed by atoms with E-state index in [4.69, 9.17) is 0 Å². The Balaban J connectivity index is 2.07. The van der Waals surface area contributed by atoms with Gasteiger partial charge in [-0.1, -0.05) is 18.6 Å². The summed E-state index contributed by atoms with van der Waals surface area (Å²) in [4.78, 5) is 14.5. The minimum absolute atomic E-state index is 0.139. The first kappa shape index (κ1) is 10.6. The number of carbonyl (C=O) groups is 1. The molecule has 0 saturated heterocycles. The highest BCUT2D eigenvalue weighted by atomic mass is 16.2. The Morgan fingerprint density at radius 3 is 2.76 bits per heavy atom. The topological polar surface area (TPSA) is 32.3 Å². The van der Waals surface area contributed by atoms with Gasteiger partial charge in [0.15, 0.2) is 0 Å². The Hall–Kier alpha value is -1.51. The molecule has 0 aromatic heterocycles. The van der Waals surface area contributed by atoms with Gasteiger partial charge < -0.3 is 10.2 Å². The van der Waals surface area contributed by atoms with E-state index in [1.54, 1.807) is 0 Å². The van der Waals surface area contributed by atoms with Gasteiger partial charge in [-0.15, -0.1) is 0 Å². The molecule has 0 bridgehead atoms. The first-order valence-electron chi connectivity index (χ1n) is 6.25. The highest BCUT2D eigenvalue weighted by Crippen LogP contribution is 2.46. The normalized spacial score (nSPS) is 21.5. The largest absolute Gasteiger partial charge is 0.372 e. The Morgan fingerprint density at radius 2 is 2.12 bits per heavy atom. The molecule has 1 aromatic carbocycles. The lowest BCUT2D eigenvalue weighted by molar-refractivity contribution is -0.129. The molecule has 3 nitrogen and oxygen atoms in total. The second kappa shape index (κ2) is 3.49. The van der Waals surface area contributed by atoms with Gasteiger partial charge in [0.05, 0.1) is 16.8 Å². The summed E-state index contributed by atoms with van der Waals surface area (Å²) in [5, 5.41) is 3.11. The zero-order valence-electron chi connectivity index (χ0n) is 10.4. The maximum absolute atomic E-state index is 12.3. The van der Waals surface area contributed by atoms with Crippen molar-refractivity contribution in [3.63, 3.8) is 0 Å². The maximum Gasteiger partial charge on any atom is 0.232 e. The molecule has 1 aromatic rings. The first-order valence-corrected chi connectivity index (χ1v) is 6.25. The van der Waals surface area contributed by atoms with E-state index in [1.165, 1.54) is 17.7 Å². The monoisotopic (exact) mass is 230 g/mol. The lowest BCUT2D eigenvalue weighted by Crippen LogP contribution is -2.47. The van der Waals surface area contributed by atoms with Gasteiger partial charge in [0.2, 0.25) is 5.91 Å². The fourth-order valence-corrected chi connectivity index (χ4v) is 3.11. The van der Waals surface area contributed by atoms with Crippen molar-refractivity contribution in [3.8, 4) is 0 Å². The molecule has 1 heterocycles. The lowest BCUT2D eigenvalue weighted by Gasteiger charge is -2.41. The number of carbonyl (C=O) groups excluding carboxylic acids is 1. The molecule has 1 aliphatic heterocycles. The van der Waals surface area contributed by atoms with Crippen LogP contribution in [0.15, 0.2) is 18.2 Å². The zero-order chi connectivity index (χ0) is 12.0. The highest BCUT2D eigenvalue weighted by molar-refractivity contribution is 6.01. The van der Waals surface area contributed by atoms with Gasteiger partial charge in [-0.25, -0.2) is 0 Å². The van der Waals surface area contributed by atoms with Crippen molar-refractivity contribution in [1.29, 1.82) is 0 Å². The minimum atomic E-state index is -0.139. The first-order chi connectivity index (χ1) is 8.12. The van der Waals surface area contributed by atoms with Gasteiger partial charge in [-0.3, -0.25) is 4.79 Å². The zero-order valence-corrected chi connectivity index (χ0v) is 10.4. The van der Waals surface area contributed by atoms with Crippen molar-refractivity contribution >= 4 is 17.3 Å². The molecule has 2 aliphatic rings. The van der Waals surface area contributed by atoms with Gasteiger partial charge in [0.1, 0.15) is 0 Å². The Morgan fingerprint density at radius 1 is 1.35 bits per heavy atom. The molecule has 1 fully saturated rings. The summed E-state index contributed by atoms with van der Waals surface area (Å²) in [5.74, 6) is 0.208. The number of amides is 1. The summed E-state index contributed by atoms with van der Waals surface area (Å²) in [6.45, 7) is 2.94. The smallest absolute Gasteiger partial charge is 0.232 e. The molecule has 1 aliphatic carbocycles. The van der Waals surface area contributed by atoms with Crippen LogP contribution in [0, 0.1) is 12.3 Å². The summed E-state index contributed by atoms with van der Waals surface area (Å²) < 4.78 is 0. The van der Waals surface area contributed by atoms with Crippen molar-refractivity contribution in [3.05, 3.63) is 23.8 Å². The van der Waals surface area contributed by atoms with E-state index < -0.39 is 0 Å². The molecule has 1 N–H and O–H groups in total. The quantitative estimate of drug-likeness (QED) is 0.743. The summed E-state index contributed by atoms with van der Waals surface area (Å²) >= 11 is 0. The van der Waals surface area contributed by atoms with E-state index in [9.17, 15) is 4.79 Å². The summed E-state index contributed by atoms with van der Waals surface area (Å²) in [6.07, 6.45) is 3.23. The number of hydrogen-bond acceptors (Lipinski definition) is 2. The summed E-state index contributed by atoms with van der Waals surface area (Å²) in [5.41, 5.74) is 3.22. The predicted molar refractivity (Wildman–Crippen MR) is 69.4 cm³/mol. The number of anilines is 2. The standard InChI is InChI=1S/C14H18N2O/c1-10-5-3-6-11-12(10)16(2)9-14(7-4-8-14)13(17)15-11/h3,5-6H,4,7-9H2,1-2H3,(H,15,17). The van der Waals surface area contributed by atoms with E-state index in [2.05, 4.69) is 30.3 Å². The molecule has 17 heavy (non-hydrogen) atoms. The fraction of sp³-hybridized carbons (Fsp3) is 0.500. The Kier molecular flexibility index (Phi) is 2.18. The molecule has 3 heteroatoms. The average Bonchev–Trinajstić information content (AvgIpc) is 2.33. The summed E-state index contributed by atoms with van der Waals surface area (Å²) in [7, 11) is 2.09. The molecule has 0 atom stereocenters. The summed E-state index contributed by atoms with van der Waals surface area (Å²) in [6, 6.07) is 6.09. The Bertz CT molecular complexity index is 477. The third-order valence-corrected chi connectivity index (χ3v) is 4.20. The maximum atomic E-state index is 12.3. The molecule has 1 amide bonds. The fourth-order valence-electron chi connectivity index (χ4n) is 3.11. The molecular formula is C14H18N2O. The third kappa shape index (κ3) is 1.45. The molecule has 0 radical (unpaired) electrons. The van der Waals surface area contributed by atoms with E-state index in [0.717, 1.165) is 25.1 Å². The SMILES string of the molecule is Cc1cccc2c1N(C)CC1(CCC1)C(=O)N2. The Labute approximate surface area is 102 Å². The molecule has 3 rings (SSSR count). The number of fused-ring (bicyclic) bond motifs is 1. The number of benzene rings is 1. The number of para-hydroxylation sites is 1. The van der Waals surface area contributed by atoms with E-state index in [1.807, 2.05) is 12.1 Å².